The fourth-order valence-corrected chi connectivity index (χ4v) is 3.39. The van der Waals surface area contributed by atoms with Gasteiger partial charge in [-0.15, -0.1) is 0 Å². The van der Waals surface area contributed by atoms with Crippen LogP contribution in [0, 0.1) is 17.0 Å². The molecule has 150 valence electrons. The zero-order chi connectivity index (χ0) is 21.3. The molecular weight excluding hydrogens is 392 g/mol. The van der Waals surface area contributed by atoms with Crippen LogP contribution in [0.5, 0.6) is 0 Å². The number of anilines is 1. The Kier molecular flexibility index (Phi) is 5.88. The molecule has 2 aromatic rings. The molecule has 0 fully saturated rings. The normalized spacial score (nSPS) is 11.9. The van der Waals surface area contributed by atoms with Gasteiger partial charge >= 0.3 is 5.97 Å². The number of hydrogen-bond acceptors (Lipinski definition) is 4. The molecule has 0 heterocycles. The number of halogens is 2. The van der Waals surface area contributed by atoms with Crippen molar-refractivity contribution in [3.63, 3.8) is 0 Å². The number of benzene rings is 2. The lowest BCUT2D eigenvalue weighted by atomic mass is 9.87. The van der Waals surface area contributed by atoms with Crippen LogP contribution < -0.4 is 4.72 Å². The number of Topliss-reactive ketones (excluding diaryl/α,β-unsaturated/α-hetero) is 1. The van der Waals surface area contributed by atoms with E-state index >= 15 is 0 Å². The molecule has 2 N–H and O–H groups in total. The SMILES string of the molecule is CC(C)(C)C(=O)Cc1cccc(S(=O)(=O)Nc2cc(F)c(C(=O)O)cc2F)c1. The van der Waals surface area contributed by atoms with Crippen LogP contribution in [0.4, 0.5) is 14.5 Å². The number of hydrogen-bond donors (Lipinski definition) is 2. The van der Waals surface area contributed by atoms with Crippen LogP contribution in [0.1, 0.15) is 36.7 Å². The van der Waals surface area contributed by atoms with Crippen LogP contribution in [-0.4, -0.2) is 25.3 Å². The molecule has 9 heteroatoms. The molecule has 0 aliphatic carbocycles. The highest BCUT2D eigenvalue weighted by atomic mass is 32.2. The maximum atomic E-state index is 14.0. The molecule has 0 aromatic heterocycles. The van der Waals surface area contributed by atoms with Gasteiger partial charge in [0, 0.05) is 17.9 Å². The van der Waals surface area contributed by atoms with Crippen molar-refractivity contribution in [3.8, 4) is 0 Å². The number of nitrogens with one attached hydrogen (secondary N) is 1. The zero-order valence-electron chi connectivity index (χ0n) is 15.4. The van der Waals surface area contributed by atoms with Gasteiger partial charge in [-0.3, -0.25) is 9.52 Å². The van der Waals surface area contributed by atoms with E-state index in [-0.39, 0.29) is 17.1 Å². The summed E-state index contributed by atoms with van der Waals surface area (Å²) in [5.41, 5.74) is -1.78. The first kappa shape index (κ1) is 21.5. The van der Waals surface area contributed by atoms with E-state index < -0.39 is 44.3 Å². The first-order valence-electron chi connectivity index (χ1n) is 8.18. The predicted octanol–water partition coefficient (Wildman–Crippen LogP) is 3.62. The molecule has 6 nitrogen and oxygen atoms in total. The van der Waals surface area contributed by atoms with Gasteiger partial charge in [0.15, 0.2) is 0 Å². The number of aromatic carboxylic acids is 1. The Morgan fingerprint density at radius 2 is 1.71 bits per heavy atom. The van der Waals surface area contributed by atoms with Crippen molar-refractivity contribution < 1.29 is 31.9 Å². The predicted molar refractivity (Wildman–Crippen MR) is 98.7 cm³/mol. The lowest BCUT2D eigenvalue weighted by Gasteiger charge is -2.17. The van der Waals surface area contributed by atoms with Gasteiger partial charge in [-0.25, -0.2) is 22.0 Å². The molecule has 2 aromatic carbocycles. The molecule has 0 atom stereocenters. The summed E-state index contributed by atoms with van der Waals surface area (Å²) >= 11 is 0. The summed E-state index contributed by atoms with van der Waals surface area (Å²) in [6, 6.07) is 6.39. The molecule has 0 saturated carbocycles. The highest BCUT2D eigenvalue weighted by Crippen LogP contribution is 2.24. The average molecular weight is 411 g/mol. The lowest BCUT2D eigenvalue weighted by molar-refractivity contribution is -0.125. The van der Waals surface area contributed by atoms with E-state index in [1.807, 2.05) is 4.72 Å². The number of carbonyl (C=O) groups is 2. The van der Waals surface area contributed by atoms with Gasteiger partial charge in [-0.1, -0.05) is 32.9 Å². The maximum absolute atomic E-state index is 14.0. The average Bonchev–Trinajstić information content (AvgIpc) is 2.56. The number of rotatable bonds is 6. The summed E-state index contributed by atoms with van der Waals surface area (Å²) in [6.07, 6.45) is 0.0170. The van der Waals surface area contributed by atoms with Crippen molar-refractivity contribution in [2.24, 2.45) is 5.41 Å². The summed E-state index contributed by atoms with van der Waals surface area (Å²) in [5, 5.41) is 8.78. The van der Waals surface area contributed by atoms with E-state index in [0.29, 0.717) is 17.7 Å². The minimum atomic E-state index is -4.29. The first-order chi connectivity index (χ1) is 12.8. The van der Waals surface area contributed by atoms with Crippen molar-refractivity contribution in [1.29, 1.82) is 0 Å². The summed E-state index contributed by atoms with van der Waals surface area (Å²) in [7, 11) is -4.29. The molecule has 0 radical (unpaired) electrons. The quantitative estimate of drug-likeness (QED) is 0.756. The topological polar surface area (TPSA) is 101 Å². The van der Waals surface area contributed by atoms with E-state index in [0.717, 1.165) is 0 Å². The Hall–Kier alpha value is -2.81. The van der Waals surface area contributed by atoms with Gasteiger partial charge in [0.05, 0.1) is 16.1 Å². The van der Waals surface area contributed by atoms with Crippen LogP contribution in [0.2, 0.25) is 0 Å². The smallest absolute Gasteiger partial charge is 0.338 e. The third-order valence-corrected chi connectivity index (χ3v) is 5.30. The molecule has 0 unspecified atom stereocenters. The Balaban J connectivity index is 2.34. The number of sulfonamides is 1. The molecular formula is C19H19F2NO5S. The summed E-state index contributed by atoms with van der Waals surface area (Å²) < 4.78 is 54.7. The van der Waals surface area contributed by atoms with Crippen LogP contribution in [0.15, 0.2) is 41.3 Å². The van der Waals surface area contributed by atoms with Crippen LogP contribution in [-0.2, 0) is 21.2 Å². The Labute approximate surface area is 161 Å². The third-order valence-electron chi connectivity index (χ3n) is 3.94. The van der Waals surface area contributed by atoms with Crippen LogP contribution in [0.3, 0.4) is 0 Å². The van der Waals surface area contributed by atoms with Crippen LogP contribution >= 0.6 is 0 Å². The van der Waals surface area contributed by atoms with Crippen molar-refractivity contribution in [1.82, 2.24) is 0 Å². The second kappa shape index (κ2) is 7.67. The van der Waals surface area contributed by atoms with E-state index in [1.54, 1.807) is 26.8 Å². The second-order valence-electron chi connectivity index (χ2n) is 7.22. The lowest BCUT2D eigenvalue weighted by Crippen LogP contribution is -2.22. The minimum Gasteiger partial charge on any atom is -0.478 e. The van der Waals surface area contributed by atoms with E-state index in [2.05, 4.69) is 0 Å². The van der Waals surface area contributed by atoms with Gasteiger partial charge in [0.1, 0.15) is 17.4 Å². The number of carbonyl (C=O) groups excluding carboxylic acids is 1. The van der Waals surface area contributed by atoms with Gasteiger partial charge in [0.2, 0.25) is 0 Å². The second-order valence-corrected chi connectivity index (χ2v) is 8.90. The third kappa shape index (κ3) is 4.92. The molecule has 0 aliphatic rings. The van der Waals surface area contributed by atoms with Gasteiger partial charge in [-0.05, 0) is 23.8 Å². The Morgan fingerprint density at radius 1 is 1.07 bits per heavy atom. The molecule has 28 heavy (non-hydrogen) atoms. The molecule has 0 saturated heterocycles. The maximum Gasteiger partial charge on any atom is 0.338 e. The number of carboxylic acid groups (broad SMARTS) is 1. The van der Waals surface area contributed by atoms with Crippen molar-refractivity contribution in [2.45, 2.75) is 32.1 Å². The molecule has 0 aliphatic heterocycles. The monoisotopic (exact) mass is 411 g/mol. The van der Waals surface area contributed by atoms with Crippen molar-refractivity contribution in [2.75, 3.05) is 4.72 Å². The van der Waals surface area contributed by atoms with Crippen molar-refractivity contribution >= 4 is 27.5 Å². The summed E-state index contributed by atoms with van der Waals surface area (Å²) in [4.78, 5) is 22.7. The largest absolute Gasteiger partial charge is 0.478 e. The fourth-order valence-electron chi connectivity index (χ4n) is 2.27. The molecule has 0 bridgehead atoms. The van der Waals surface area contributed by atoms with E-state index in [9.17, 15) is 26.8 Å². The Bertz CT molecular complexity index is 1040. The molecule has 0 spiro atoms. The minimum absolute atomic E-state index is 0.0170. The molecule has 2 rings (SSSR count). The van der Waals surface area contributed by atoms with Crippen molar-refractivity contribution in [3.05, 3.63) is 59.2 Å². The fraction of sp³-hybridized carbons (Fsp3) is 0.263. The highest BCUT2D eigenvalue weighted by molar-refractivity contribution is 7.92. The Morgan fingerprint density at radius 3 is 2.29 bits per heavy atom. The molecule has 0 amide bonds. The number of carboxylic acids is 1. The van der Waals surface area contributed by atoms with Gasteiger partial charge in [-0.2, -0.15) is 0 Å². The highest BCUT2D eigenvalue weighted by Gasteiger charge is 2.23. The first-order valence-corrected chi connectivity index (χ1v) is 9.67. The number of ketones is 1. The summed E-state index contributed by atoms with van der Waals surface area (Å²) in [5.74, 6) is -4.29. The summed E-state index contributed by atoms with van der Waals surface area (Å²) in [6.45, 7) is 5.24. The van der Waals surface area contributed by atoms with Crippen LogP contribution in [0.25, 0.3) is 0 Å². The van der Waals surface area contributed by atoms with Gasteiger partial charge in [0.25, 0.3) is 10.0 Å². The standard InChI is InChI=1S/C19H19F2NO5S/c1-19(2,3)17(23)8-11-5-4-6-12(7-11)28(26,27)22-16-10-14(20)13(18(24)25)9-15(16)21/h4-7,9-10,22H,8H2,1-3H3,(H,24,25). The zero-order valence-corrected chi connectivity index (χ0v) is 16.2. The van der Waals surface area contributed by atoms with E-state index in [1.165, 1.54) is 18.2 Å². The van der Waals surface area contributed by atoms with E-state index in [4.69, 9.17) is 5.11 Å². The van der Waals surface area contributed by atoms with Gasteiger partial charge < -0.3 is 5.11 Å².